The van der Waals surface area contributed by atoms with Crippen LogP contribution in [0.5, 0.6) is 0 Å². The molecule has 0 spiro atoms. The zero-order chi connectivity index (χ0) is 21.0. The van der Waals surface area contributed by atoms with Crippen molar-refractivity contribution in [2.45, 2.75) is 40.7 Å². The summed E-state index contributed by atoms with van der Waals surface area (Å²) in [5.41, 5.74) is 6.15. The molecule has 0 amide bonds. The Bertz CT molecular complexity index is 1390. The Morgan fingerprint density at radius 3 is 2.50 bits per heavy atom. The molecule has 0 aliphatic heterocycles. The number of rotatable bonds is 4. The van der Waals surface area contributed by atoms with Gasteiger partial charge in [0.05, 0.1) is 28.3 Å². The Morgan fingerprint density at radius 1 is 1.07 bits per heavy atom. The van der Waals surface area contributed by atoms with Crippen molar-refractivity contribution in [3.05, 3.63) is 63.0 Å². The third-order valence-corrected chi connectivity index (χ3v) is 7.12. The van der Waals surface area contributed by atoms with Gasteiger partial charge >= 0.3 is 0 Å². The first-order valence-electron chi connectivity index (χ1n) is 9.88. The van der Waals surface area contributed by atoms with Crippen molar-refractivity contribution < 1.29 is 0 Å². The molecule has 0 unspecified atom stereocenters. The average Bonchev–Trinajstić information content (AvgIpc) is 3.38. The van der Waals surface area contributed by atoms with Crippen LogP contribution in [-0.2, 0) is 13.0 Å². The van der Waals surface area contributed by atoms with Crippen LogP contribution >= 0.6 is 22.9 Å². The monoisotopic (exact) mass is 436 g/mol. The third kappa shape index (κ3) is 3.00. The standard InChI is InChI=1S/C22H21ClN6S/c1-5-17-14(4)30-22-18(17)21-25-20(27-29(21)11-24-22)16-8-6-15(7-9-16)10-28-13(3)19(23)12(2)26-28/h6-9,11H,5,10H2,1-4H3. The first-order chi connectivity index (χ1) is 14.5. The van der Waals surface area contributed by atoms with E-state index in [2.05, 4.69) is 53.3 Å². The minimum atomic E-state index is 0.677. The van der Waals surface area contributed by atoms with Gasteiger partial charge in [-0.25, -0.2) is 14.5 Å². The van der Waals surface area contributed by atoms with Crippen LogP contribution in [0.2, 0.25) is 5.02 Å². The lowest BCUT2D eigenvalue weighted by Crippen LogP contribution is -2.03. The van der Waals surface area contributed by atoms with E-state index < -0.39 is 0 Å². The molecule has 5 rings (SSSR count). The van der Waals surface area contributed by atoms with Crippen LogP contribution in [0, 0.1) is 20.8 Å². The lowest BCUT2D eigenvalue weighted by Gasteiger charge is -2.05. The largest absolute Gasteiger partial charge is 0.264 e. The molecular formula is C22H21ClN6S. The van der Waals surface area contributed by atoms with E-state index >= 15 is 0 Å². The lowest BCUT2D eigenvalue weighted by atomic mass is 10.1. The molecular weight excluding hydrogens is 416 g/mol. The molecule has 0 aliphatic carbocycles. The van der Waals surface area contributed by atoms with Gasteiger partial charge in [0.1, 0.15) is 11.2 Å². The van der Waals surface area contributed by atoms with Gasteiger partial charge in [0.25, 0.3) is 0 Å². The van der Waals surface area contributed by atoms with Gasteiger partial charge in [0, 0.05) is 10.4 Å². The van der Waals surface area contributed by atoms with Gasteiger partial charge in [-0.05, 0) is 38.3 Å². The van der Waals surface area contributed by atoms with Gasteiger partial charge in [0.2, 0.25) is 0 Å². The van der Waals surface area contributed by atoms with E-state index in [4.69, 9.17) is 16.6 Å². The molecule has 0 atom stereocenters. The number of hydrogen-bond donors (Lipinski definition) is 0. The fourth-order valence-electron chi connectivity index (χ4n) is 3.87. The maximum absolute atomic E-state index is 6.27. The van der Waals surface area contributed by atoms with Crippen LogP contribution in [0.4, 0.5) is 0 Å². The second kappa shape index (κ2) is 7.18. The van der Waals surface area contributed by atoms with Gasteiger partial charge in [-0.1, -0.05) is 42.8 Å². The van der Waals surface area contributed by atoms with E-state index in [-0.39, 0.29) is 0 Å². The molecule has 152 valence electrons. The maximum atomic E-state index is 6.27. The number of halogens is 1. The maximum Gasteiger partial charge on any atom is 0.182 e. The highest BCUT2D eigenvalue weighted by Gasteiger charge is 2.16. The highest BCUT2D eigenvalue weighted by Crippen LogP contribution is 2.32. The van der Waals surface area contributed by atoms with E-state index in [9.17, 15) is 0 Å². The number of nitrogens with zero attached hydrogens (tertiary/aromatic N) is 6. The van der Waals surface area contributed by atoms with Crippen LogP contribution in [0.15, 0.2) is 30.6 Å². The molecule has 1 aromatic carbocycles. The van der Waals surface area contributed by atoms with E-state index in [1.54, 1.807) is 22.2 Å². The lowest BCUT2D eigenvalue weighted by molar-refractivity contribution is 0.659. The summed E-state index contributed by atoms with van der Waals surface area (Å²) < 4.78 is 3.72. The quantitative estimate of drug-likeness (QED) is 0.379. The highest BCUT2D eigenvalue weighted by atomic mass is 35.5. The summed E-state index contributed by atoms with van der Waals surface area (Å²) in [6.07, 6.45) is 2.71. The molecule has 0 N–H and O–H groups in total. The molecule has 0 bridgehead atoms. The van der Waals surface area contributed by atoms with E-state index in [1.165, 1.54) is 10.4 Å². The summed E-state index contributed by atoms with van der Waals surface area (Å²) in [4.78, 5) is 11.8. The molecule has 4 aromatic heterocycles. The van der Waals surface area contributed by atoms with E-state index in [0.29, 0.717) is 12.4 Å². The summed E-state index contributed by atoms with van der Waals surface area (Å²) in [7, 11) is 0. The van der Waals surface area contributed by atoms with E-state index in [1.807, 2.05) is 18.5 Å². The van der Waals surface area contributed by atoms with Crippen molar-refractivity contribution >= 4 is 38.8 Å². The Morgan fingerprint density at radius 2 is 1.83 bits per heavy atom. The van der Waals surface area contributed by atoms with Gasteiger partial charge in [-0.2, -0.15) is 5.10 Å². The fourth-order valence-corrected chi connectivity index (χ4v) is 5.09. The number of aryl methyl sites for hydroxylation is 3. The molecule has 4 heterocycles. The second-order valence-corrected chi connectivity index (χ2v) is 9.04. The molecule has 5 aromatic rings. The zero-order valence-electron chi connectivity index (χ0n) is 17.3. The molecule has 0 radical (unpaired) electrons. The molecule has 6 nitrogen and oxygen atoms in total. The number of thiophene rings is 1. The topological polar surface area (TPSA) is 60.9 Å². The first kappa shape index (κ1) is 19.2. The number of fused-ring (bicyclic) bond motifs is 3. The molecule has 0 fully saturated rings. The fraction of sp³-hybridized carbons (Fsp3) is 0.273. The predicted octanol–water partition coefficient (Wildman–Crippen LogP) is 5.39. The normalized spacial score (nSPS) is 11.8. The van der Waals surface area contributed by atoms with Gasteiger partial charge in [0.15, 0.2) is 11.5 Å². The van der Waals surface area contributed by atoms with Crippen molar-refractivity contribution in [1.29, 1.82) is 0 Å². The van der Waals surface area contributed by atoms with Crippen molar-refractivity contribution in [3.63, 3.8) is 0 Å². The molecule has 8 heteroatoms. The highest BCUT2D eigenvalue weighted by molar-refractivity contribution is 7.18. The number of benzene rings is 1. The predicted molar refractivity (Wildman–Crippen MR) is 122 cm³/mol. The van der Waals surface area contributed by atoms with Gasteiger partial charge in [-0.15, -0.1) is 16.4 Å². The Kier molecular flexibility index (Phi) is 4.60. The van der Waals surface area contributed by atoms with Crippen molar-refractivity contribution in [2.24, 2.45) is 0 Å². The first-order valence-corrected chi connectivity index (χ1v) is 11.1. The molecule has 0 saturated carbocycles. The van der Waals surface area contributed by atoms with Crippen LogP contribution in [-0.4, -0.2) is 29.4 Å². The molecule has 0 saturated heterocycles. The van der Waals surface area contributed by atoms with Gasteiger partial charge < -0.3 is 0 Å². The van der Waals surface area contributed by atoms with Crippen LogP contribution in [0.3, 0.4) is 0 Å². The summed E-state index contributed by atoms with van der Waals surface area (Å²) in [6, 6.07) is 8.29. The Hall–Kier alpha value is -2.77. The second-order valence-electron chi connectivity index (χ2n) is 7.46. The SMILES string of the molecule is CCc1c(C)sc2ncn3nc(-c4ccc(Cn5nc(C)c(Cl)c5C)cc4)nc3c12. The molecule has 0 aliphatic rings. The van der Waals surface area contributed by atoms with Gasteiger partial charge in [-0.3, -0.25) is 4.68 Å². The van der Waals surface area contributed by atoms with Crippen molar-refractivity contribution in [2.75, 3.05) is 0 Å². The minimum absolute atomic E-state index is 0.677. The minimum Gasteiger partial charge on any atom is -0.264 e. The van der Waals surface area contributed by atoms with Crippen molar-refractivity contribution in [3.8, 4) is 11.4 Å². The van der Waals surface area contributed by atoms with Crippen LogP contribution < -0.4 is 0 Å². The smallest absolute Gasteiger partial charge is 0.182 e. The average molecular weight is 437 g/mol. The Labute approximate surface area is 183 Å². The summed E-state index contributed by atoms with van der Waals surface area (Å²) in [5, 5.41) is 11.0. The number of aromatic nitrogens is 6. The summed E-state index contributed by atoms with van der Waals surface area (Å²) >= 11 is 7.99. The van der Waals surface area contributed by atoms with Crippen LogP contribution in [0.1, 0.15) is 34.3 Å². The van der Waals surface area contributed by atoms with Crippen molar-refractivity contribution in [1.82, 2.24) is 29.4 Å². The summed E-state index contributed by atoms with van der Waals surface area (Å²) in [5.74, 6) is 0.705. The van der Waals surface area contributed by atoms with E-state index in [0.717, 1.165) is 49.8 Å². The zero-order valence-corrected chi connectivity index (χ0v) is 18.8. The number of hydrogen-bond acceptors (Lipinski definition) is 5. The van der Waals surface area contributed by atoms with Crippen LogP contribution in [0.25, 0.3) is 27.3 Å². The Balaban J connectivity index is 1.51. The molecule has 30 heavy (non-hydrogen) atoms. The summed E-state index contributed by atoms with van der Waals surface area (Å²) in [6.45, 7) is 8.91. The third-order valence-electron chi connectivity index (χ3n) is 5.52.